The zero-order chi connectivity index (χ0) is 44.1. The Bertz CT molecular complexity index is 2570. The number of benzene rings is 4. The maximum absolute atomic E-state index is 13.2. The van der Waals surface area contributed by atoms with E-state index in [-0.39, 0.29) is 33.7 Å². The highest BCUT2D eigenvalue weighted by Gasteiger charge is 2.30. The maximum Gasteiger partial charge on any atom is 0.257 e. The number of amides is 2. The number of hydrogen-bond acceptors (Lipinski definition) is 11. The molecule has 13 nitrogen and oxygen atoms in total. The number of ether oxygens (including phenoxy) is 1. The first kappa shape index (κ1) is 44.3. The van der Waals surface area contributed by atoms with Gasteiger partial charge in [-0.15, -0.1) is 22.7 Å². The van der Waals surface area contributed by atoms with Gasteiger partial charge in [0, 0.05) is 59.2 Å². The van der Waals surface area contributed by atoms with E-state index in [2.05, 4.69) is 20.6 Å². The third-order valence-corrected chi connectivity index (χ3v) is 17.1. The molecule has 2 heterocycles. The summed E-state index contributed by atoms with van der Waals surface area (Å²) in [5, 5.41) is 10.2. The van der Waals surface area contributed by atoms with E-state index in [1.165, 1.54) is 79.8 Å². The van der Waals surface area contributed by atoms with E-state index in [9.17, 15) is 26.4 Å². The molecule has 2 saturated carbocycles. The van der Waals surface area contributed by atoms with Gasteiger partial charge in [0.1, 0.15) is 11.5 Å². The average Bonchev–Trinajstić information content (AvgIpc) is 3.99. The van der Waals surface area contributed by atoms with E-state index in [0.29, 0.717) is 44.3 Å². The Labute approximate surface area is 376 Å². The van der Waals surface area contributed by atoms with Crippen LogP contribution in [-0.4, -0.2) is 73.4 Å². The summed E-state index contributed by atoms with van der Waals surface area (Å²) in [7, 11) is -4.04. The van der Waals surface area contributed by atoms with E-state index in [4.69, 9.17) is 4.74 Å². The third kappa shape index (κ3) is 10.2. The number of hydrogen-bond donors (Lipinski definition) is 2. The van der Waals surface area contributed by atoms with Crippen LogP contribution in [0.15, 0.2) is 118 Å². The van der Waals surface area contributed by atoms with Gasteiger partial charge in [0.15, 0.2) is 10.3 Å². The van der Waals surface area contributed by atoms with Crippen molar-refractivity contribution in [1.29, 1.82) is 0 Å². The summed E-state index contributed by atoms with van der Waals surface area (Å²) in [6.07, 6.45) is 9.83. The molecule has 0 aliphatic heterocycles. The van der Waals surface area contributed by atoms with Crippen LogP contribution in [0, 0.1) is 0 Å². The third-order valence-electron chi connectivity index (χ3n) is 11.7. The van der Waals surface area contributed by atoms with Gasteiger partial charge < -0.3 is 4.74 Å². The van der Waals surface area contributed by atoms with Gasteiger partial charge in [-0.05, 0) is 123 Å². The fourth-order valence-electron chi connectivity index (χ4n) is 7.96. The fourth-order valence-corrected chi connectivity index (χ4v) is 12.2. The van der Waals surface area contributed by atoms with Crippen LogP contribution in [-0.2, 0) is 20.0 Å². The Hall–Kier alpha value is -5.30. The van der Waals surface area contributed by atoms with Crippen LogP contribution >= 0.6 is 22.7 Å². The van der Waals surface area contributed by atoms with Gasteiger partial charge in [0.05, 0.1) is 21.2 Å². The number of anilines is 2. The summed E-state index contributed by atoms with van der Waals surface area (Å²) in [4.78, 5) is 35.6. The molecular formula is C46H48N6O7S4. The number of aromatic nitrogens is 2. The van der Waals surface area contributed by atoms with E-state index < -0.39 is 20.0 Å². The lowest BCUT2D eigenvalue weighted by molar-refractivity contribution is 0.101. The number of nitrogens with zero attached hydrogens (tertiary/aromatic N) is 4. The molecule has 328 valence electrons. The van der Waals surface area contributed by atoms with Gasteiger partial charge in [0.2, 0.25) is 20.0 Å². The maximum atomic E-state index is 13.2. The summed E-state index contributed by atoms with van der Waals surface area (Å²) < 4.78 is 61.9. The molecule has 0 unspecified atom stereocenters. The van der Waals surface area contributed by atoms with Gasteiger partial charge in [-0.1, -0.05) is 38.5 Å². The highest BCUT2D eigenvalue weighted by atomic mass is 32.2. The van der Waals surface area contributed by atoms with Crippen LogP contribution in [0.2, 0.25) is 0 Å². The summed E-state index contributed by atoms with van der Waals surface area (Å²) >= 11 is 2.58. The number of nitrogens with one attached hydrogen (secondary N) is 2. The van der Waals surface area contributed by atoms with Crippen molar-refractivity contribution in [3.63, 3.8) is 0 Å². The minimum Gasteiger partial charge on any atom is -0.457 e. The molecule has 4 aromatic carbocycles. The van der Waals surface area contributed by atoms with Crippen molar-refractivity contribution in [2.24, 2.45) is 0 Å². The molecule has 2 amide bonds. The summed E-state index contributed by atoms with van der Waals surface area (Å²) in [6, 6.07) is 26.9. The van der Waals surface area contributed by atoms with Crippen LogP contribution in [0.4, 0.5) is 10.3 Å². The first-order chi connectivity index (χ1) is 30.3. The van der Waals surface area contributed by atoms with Gasteiger partial charge >= 0.3 is 0 Å². The van der Waals surface area contributed by atoms with Crippen molar-refractivity contribution in [3.8, 4) is 34.0 Å². The topological polar surface area (TPSA) is 168 Å². The minimum atomic E-state index is -3.66. The molecule has 2 aromatic heterocycles. The second-order valence-electron chi connectivity index (χ2n) is 15.8. The van der Waals surface area contributed by atoms with Gasteiger partial charge in [0.25, 0.3) is 11.8 Å². The van der Waals surface area contributed by atoms with Crippen LogP contribution in [0.25, 0.3) is 22.5 Å². The van der Waals surface area contributed by atoms with Gasteiger partial charge in [-0.2, -0.15) is 8.61 Å². The number of carbonyl (C=O) groups is 2. The highest BCUT2D eigenvalue weighted by Crippen LogP contribution is 2.32. The molecule has 0 atom stereocenters. The number of thiazole rings is 2. The standard InChI is InChI=1S/C46H48N6O7S4/c1-51(35-9-5-3-6-10-35)62(55,56)39-25-17-33(18-26-39)43(53)49-45-47-41(29-60-45)31-13-21-37(22-14-31)59-38-23-15-32(16-24-38)42-30-61-46(48-42)50-44(54)34-19-27-40(28-20-34)63(57,58)52(2)36-11-7-4-8-12-36/h13-30,35-36H,3-12H2,1-2H3,(H,47,49,53)(H,48,50,54). The molecule has 17 heteroatoms. The first-order valence-electron chi connectivity index (χ1n) is 20.9. The van der Waals surface area contributed by atoms with E-state index in [1.807, 2.05) is 59.3 Å². The van der Waals surface area contributed by atoms with E-state index in [1.54, 1.807) is 14.1 Å². The lowest BCUT2D eigenvalue weighted by Gasteiger charge is -2.30. The predicted molar refractivity (Wildman–Crippen MR) is 248 cm³/mol. The van der Waals surface area contributed by atoms with E-state index >= 15 is 0 Å². The smallest absolute Gasteiger partial charge is 0.257 e. The van der Waals surface area contributed by atoms with Crippen molar-refractivity contribution in [2.75, 3.05) is 24.7 Å². The molecule has 2 aliphatic carbocycles. The number of rotatable bonds is 14. The number of sulfonamides is 2. The minimum absolute atomic E-state index is 0.00168. The highest BCUT2D eigenvalue weighted by molar-refractivity contribution is 7.89. The van der Waals surface area contributed by atoms with Gasteiger partial charge in [-0.25, -0.2) is 26.8 Å². The molecule has 0 radical (unpaired) electrons. The van der Waals surface area contributed by atoms with Crippen molar-refractivity contribution in [1.82, 2.24) is 18.6 Å². The Kier molecular flexibility index (Phi) is 13.5. The lowest BCUT2D eigenvalue weighted by atomic mass is 9.96. The monoisotopic (exact) mass is 924 g/mol. The molecule has 2 N–H and O–H groups in total. The SMILES string of the molecule is CN(C1CCCCC1)S(=O)(=O)c1ccc(C(=O)Nc2nc(-c3ccc(Oc4ccc(-c5csc(NC(=O)c6ccc(S(=O)(=O)N(C)C7CCCCC7)cc6)n5)cc4)cc3)cs2)cc1. The van der Waals surface area contributed by atoms with Crippen LogP contribution < -0.4 is 15.4 Å². The molecule has 6 aromatic rings. The lowest BCUT2D eigenvalue weighted by Crippen LogP contribution is -2.38. The summed E-state index contributed by atoms with van der Waals surface area (Å²) in [6.45, 7) is 0. The molecule has 0 bridgehead atoms. The van der Waals surface area contributed by atoms with E-state index in [0.717, 1.165) is 75.3 Å². The summed E-state index contributed by atoms with van der Waals surface area (Å²) in [5.74, 6) is 0.464. The second kappa shape index (κ2) is 19.2. The largest absolute Gasteiger partial charge is 0.457 e. The average molecular weight is 925 g/mol. The Balaban J connectivity index is 0.820. The quantitative estimate of drug-likeness (QED) is 0.108. The molecule has 63 heavy (non-hydrogen) atoms. The predicted octanol–water partition coefficient (Wildman–Crippen LogP) is 10.1. The molecular weight excluding hydrogens is 877 g/mol. The fraction of sp³-hybridized carbons (Fsp3) is 0.304. The van der Waals surface area contributed by atoms with Gasteiger partial charge in [-0.3, -0.25) is 20.2 Å². The Morgan fingerprint density at radius 1 is 0.540 bits per heavy atom. The zero-order valence-corrected chi connectivity index (χ0v) is 38.2. The van der Waals surface area contributed by atoms with Crippen LogP contribution in [0.1, 0.15) is 84.9 Å². The molecule has 8 rings (SSSR count). The van der Waals surface area contributed by atoms with Crippen molar-refractivity contribution >= 4 is 64.8 Å². The van der Waals surface area contributed by atoms with Crippen molar-refractivity contribution < 1.29 is 31.2 Å². The van der Waals surface area contributed by atoms with Crippen molar-refractivity contribution in [2.45, 2.75) is 86.1 Å². The first-order valence-corrected chi connectivity index (χ1v) is 25.6. The molecule has 2 aliphatic rings. The molecule has 0 saturated heterocycles. The van der Waals surface area contributed by atoms with Crippen LogP contribution in [0.3, 0.4) is 0 Å². The summed E-state index contributed by atoms with van der Waals surface area (Å²) in [5.41, 5.74) is 3.68. The molecule has 0 spiro atoms. The number of carbonyl (C=O) groups excluding carboxylic acids is 2. The Morgan fingerprint density at radius 2 is 0.889 bits per heavy atom. The Morgan fingerprint density at radius 3 is 1.24 bits per heavy atom. The molecule has 2 fully saturated rings. The van der Waals surface area contributed by atoms with Crippen LogP contribution in [0.5, 0.6) is 11.5 Å². The van der Waals surface area contributed by atoms with Crippen molar-refractivity contribution in [3.05, 3.63) is 119 Å². The second-order valence-corrected chi connectivity index (χ2v) is 21.5. The zero-order valence-electron chi connectivity index (χ0n) is 34.9. The normalized spacial score (nSPS) is 15.4.